The lowest BCUT2D eigenvalue weighted by atomic mass is 10.2. The number of pyridine rings is 1. The van der Waals surface area contributed by atoms with Gasteiger partial charge in [-0.25, -0.2) is 0 Å². The van der Waals surface area contributed by atoms with Gasteiger partial charge in [0.05, 0.1) is 11.3 Å². The van der Waals surface area contributed by atoms with Crippen molar-refractivity contribution < 1.29 is 9.32 Å². The molecule has 23 heavy (non-hydrogen) atoms. The van der Waals surface area contributed by atoms with Gasteiger partial charge in [-0.3, -0.25) is 14.5 Å². The van der Waals surface area contributed by atoms with Crippen LogP contribution in [0, 0.1) is 6.92 Å². The summed E-state index contributed by atoms with van der Waals surface area (Å²) >= 11 is 0. The summed E-state index contributed by atoms with van der Waals surface area (Å²) in [5, 5.41) is 4.00. The molecule has 2 aromatic rings. The quantitative estimate of drug-likeness (QED) is 0.831. The predicted molar refractivity (Wildman–Crippen MR) is 84.1 cm³/mol. The van der Waals surface area contributed by atoms with E-state index in [2.05, 4.69) is 10.1 Å². The van der Waals surface area contributed by atoms with E-state index in [1.54, 1.807) is 19.3 Å². The Hall–Kier alpha value is -2.41. The van der Waals surface area contributed by atoms with Crippen molar-refractivity contribution in [2.24, 2.45) is 7.05 Å². The van der Waals surface area contributed by atoms with Gasteiger partial charge in [0.1, 0.15) is 5.76 Å². The number of piperazine rings is 1. The molecule has 3 heterocycles. The highest BCUT2D eigenvalue weighted by Crippen LogP contribution is 2.11. The fraction of sp³-hybridized carbons (Fsp3) is 0.438. The van der Waals surface area contributed by atoms with Crippen molar-refractivity contribution in [3.05, 3.63) is 51.8 Å². The van der Waals surface area contributed by atoms with E-state index in [1.807, 2.05) is 17.9 Å². The van der Waals surface area contributed by atoms with Crippen molar-refractivity contribution >= 4 is 5.91 Å². The van der Waals surface area contributed by atoms with E-state index in [1.165, 1.54) is 10.6 Å². The highest BCUT2D eigenvalue weighted by Gasteiger charge is 2.23. The van der Waals surface area contributed by atoms with Crippen molar-refractivity contribution in [3.63, 3.8) is 0 Å². The average Bonchev–Trinajstić information content (AvgIpc) is 2.95. The van der Waals surface area contributed by atoms with E-state index in [9.17, 15) is 9.59 Å². The number of amides is 1. The first-order valence-corrected chi connectivity index (χ1v) is 7.63. The fourth-order valence-corrected chi connectivity index (χ4v) is 2.73. The van der Waals surface area contributed by atoms with Gasteiger partial charge in [-0.1, -0.05) is 5.16 Å². The van der Waals surface area contributed by atoms with Crippen molar-refractivity contribution in [1.29, 1.82) is 0 Å². The molecule has 7 nitrogen and oxygen atoms in total. The SMILES string of the molecule is Cc1cc(CN2CCN(C(=O)c3ccc(=O)n(C)c3)CC2)no1. The summed E-state index contributed by atoms with van der Waals surface area (Å²) in [6.45, 7) is 5.53. The minimum atomic E-state index is -0.116. The van der Waals surface area contributed by atoms with Crippen LogP contribution in [0.4, 0.5) is 0 Å². The van der Waals surface area contributed by atoms with Crippen molar-refractivity contribution in [1.82, 2.24) is 19.5 Å². The molecule has 0 aliphatic carbocycles. The molecular weight excluding hydrogens is 296 g/mol. The van der Waals surface area contributed by atoms with Crippen LogP contribution in [0.3, 0.4) is 0 Å². The lowest BCUT2D eigenvalue weighted by Crippen LogP contribution is -2.48. The van der Waals surface area contributed by atoms with Gasteiger partial charge < -0.3 is 14.0 Å². The van der Waals surface area contributed by atoms with Crippen molar-refractivity contribution in [2.75, 3.05) is 26.2 Å². The van der Waals surface area contributed by atoms with Gasteiger partial charge in [-0.05, 0) is 13.0 Å². The number of aryl methyl sites for hydroxylation is 2. The first kappa shape index (κ1) is 15.5. The lowest BCUT2D eigenvalue weighted by molar-refractivity contribution is 0.0625. The van der Waals surface area contributed by atoms with E-state index in [0.29, 0.717) is 18.7 Å². The molecule has 1 fully saturated rings. The first-order valence-electron chi connectivity index (χ1n) is 7.63. The summed E-state index contributed by atoms with van der Waals surface area (Å²) in [6.07, 6.45) is 1.59. The van der Waals surface area contributed by atoms with Crippen LogP contribution in [0.15, 0.2) is 33.7 Å². The van der Waals surface area contributed by atoms with Crippen LogP contribution < -0.4 is 5.56 Å². The third-order valence-corrected chi connectivity index (χ3v) is 4.05. The normalized spacial score (nSPS) is 15.8. The van der Waals surface area contributed by atoms with Gasteiger partial charge in [0.25, 0.3) is 5.91 Å². The van der Waals surface area contributed by atoms with E-state index in [-0.39, 0.29) is 11.5 Å². The summed E-state index contributed by atoms with van der Waals surface area (Å²) in [4.78, 5) is 28.0. The fourth-order valence-electron chi connectivity index (χ4n) is 2.73. The Morgan fingerprint density at radius 3 is 2.61 bits per heavy atom. The van der Waals surface area contributed by atoms with Crippen LogP contribution in [0.5, 0.6) is 0 Å². The Labute approximate surface area is 134 Å². The molecule has 0 radical (unpaired) electrons. The predicted octanol–water partition coefficient (Wildman–Crippen LogP) is 0.640. The Kier molecular flexibility index (Phi) is 4.29. The number of aromatic nitrogens is 2. The minimum Gasteiger partial charge on any atom is -0.361 e. The molecule has 0 aromatic carbocycles. The van der Waals surface area contributed by atoms with Gasteiger partial charge in [0, 0.05) is 58.1 Å². The Morgan fingerprint density at radius 1 is 1.26 bits per heavy atom. The van der Waals surface area contributed by atoms with Gasteiger partial charge >= 0.3 is 0 Å². The lowest BCUT2D eigenvalue weighted by Gasteiger charge is -2.34. The summed E-state index contributed by atoms with van der Waals surface area (Å²) in [5.74, 6) is 0.779. The third kappa shape index (κ3) is 3.50. The van der Waals surface area contributed by atoms with Crippen molar-refractivity contribution in [3.8, 4) is 0 Å². The van der Waals surface area contributed by atoms with Gasteiger partial charge in [-0.15, -0.1) is 0 Å². The molecular formula is C16H20N4O3. The standard InChI is InChI=1S/C16H20N4O3/c1-12-9-14(17-23-12)11-19-5-7-20(8-6-19)16(22)13-3-4-15(21)18(2)10-13/h3-4,9-10H,5-8,11H2,1-2H3. The molecule has 0 saturated carbocycles. The Balaban J connectivity index is 1.58. The molecule has 7 heteroatoms. The molecule has 0 spiro atoms. The van der Waals surface area contributed by atoms with Crippen molar-refractivity contribution in [2.45, 2.75) is 13.5 Å². The molecule has 0 unspecified atom stereocenters. The number of carbonyl (C=O) groups excluding carboxylic acids is 1. The molecule has 1 aliphatic rings. The number of hydrogen-bond donors (Lipinski definition) is 0. The minimum absolute atomic E-state index is 0.0301. The second kappa shape index (κ2) is 6.37. The summed E-state index contributed by atoms with van der Waals surface area (Å²) in [7, 11) is 1.65. The second-order valence-electron chi connectivity index (χ2n) is 5.86. The molecule has 1 saturated heterocycles. The Morgan fingerprint density at radius 2 is 2.00 bits per heavy atom. The summed E-state index contributed by atoms with van der Waals surface area (Å²) < 4.78 is 6.50. The highest BCUT2D eigenvalue weighted by molar-refractivity contribution is 5.94. The molecule has 0 bridgehead atoms. The van der Waals surface area contributed by atoms with Gasteiger partial charge in [-0.2, -0.15) is 0 Å². The van der Waals surface area contributed by atoms with E-state index in [0.717, 1.165) is 31.1 Å². The third-order valence-electron chi connectivity index (χ3n) is 4.05. The van der Waals surface area contributed by atoms with E-state index in [4.69, 9.17) is 4.52 Å². The van der Waals surface area contributed by atoms with Crippen LogP contribution >= 0.6 is 0 Å². The maximum absolute atomic E-state index is 12.5. The molecule has 122 valence electrons. The molecule has 1 amide bonds. The molecule has 1 aliphatic heterocycles. The number of rotatable bonds is 3. The molecule has 3 rings (SSSR count). The van der Waals surface area contributed by atoms with Crippen LogP contribution in [0.2, 0.25) is 0 Å². The van der Waals surface area contributed by atoms with Crippen LogP contribution in [-0.4, -0.2) is 51.6 Å². The van der Waals surface area contributed by atoms with E-state index < -0.39 is 0 Å². The van der Waals surface area contributed by atoms with Crippen LogP contribution in [0.1, 0.15) is 21.8 Å². The molecule has 2 aromatic heterocycles. The monoisotopic (exact) mass is 316 g/mol. The maximum atomic E-state index is 12.5. The topological polar surface area (TPSA) is 71.6 Å². The maximum Gasteiger partial charge on any atom is 0.255 e. The zero-order chi connectivity index (χ0) is 16.4. The zero-order valence-corrected chi connectivity index (χ0v) is 13.4. The zero-order valence-electron chi connectivity index (χ0n) is 13.4. The Bertz CT molecular complexity index is 757. The summed E-state index contributed by atoms with van der Waals surface area (Å²) in [5.41, 5.74) is 1.35. The largest absolute Gasteiger partial charge is 0.361 e. The molecule has 0 atom stereocenters. The van der Waals surface area contributed by atoms with E-state index >= 15 is 0 Å². The molecule has 0 N–H and O–H groups in total. The van der Waals surface area contributed by atoms with Gasteiger partial charge in [0.15, 0.2) is 0 Å². The highest BCUT2D eigenvalue weighted by atomic mass is 16.5. The first-order chi connectivity index (χ1) is 11.0. The number of hydrogen-bond acceptors (Lipinski definition) is 5. The smallest absolute Gasteiger partial charge is 0.255 e. The number of carbonyl (C=O) groups is 1. The number of nitrogens with zero attached hydrogens (tertiary/aromatic N) is 4. The van der Waals surface area contributed by atoms with Crippen LogP contribution in [0.25, 0.3) is 0 Å². The second-order valence-corrected chi connectivity index (χ2v) is 5.86. The van der Waals surface area contributed by atoms with Gasteiger partial charge in [0.2, 0.25) is 5.56 Å². The summed E-state index contributed by atoms with van der Waals surface area (Å²) in [6, 6.07) is 4.95. The van der Waals surface area contributed by atoms with Crippen LogP contribution in [-0.2, 0) is 13.6 Å². The average molecular weight is 316 g/mol.